The Labute approximate surface area is 125 Å². The molecular formula is C17H34N2O. The Bertz CT molecular complexity index is 352. The van der Waals surface area contributed by atoms with Gasteiger partial charge in [0.25, 0.3) is 0 Å². The minimum Gasteiger partial charge on any atom is -0.402 e. The van der Waals surface area contributed by atoms with Crippen LogP contribution in [0.5, 0.6) is 0 Å². The van der Waals surface area contributed by atoms with Crippen molar-refractivity contribution in [2.24, 2.45) is 22.8 Å². The maximum atomic E-state index is 6.20. The predicted molar refractivity (Wildman–Crippen MR) is 88.1 cm³/mol. The fourth-order valence-corrected chi connectivity index (χ4v) is 2.55. The Morgan fingerprint density at radius 3 is 2.10 bits per heavy atom. The normalized spacial score (nSPS) is 15.0. The molecule has 0 rings (SSSR count). The van der Waals surface area contributed by atoms with Crippen molar-refractivity contribution in [3.05, 3.63) is 23.5 Å². The van der Waals surface area contributed by atoms with Crippen LogP contribution in [0, 0.1) is 11.3 Å². The molecule has 0 aliphatic heterocycles. The van der Waals surface area contributed by atoms with Gasteiger partial charge in [0, 0.05) is 29.8 Å². The third-order valence-corrected chi connectivity index (χ3v) is 3.34. The van der Waals surface area contributed by atoms with Gasteiger partial charge in [-0.2, -0.15) is 0 Å². The van der Waals surface area contributed by atoms with Gasteiger partial charge in [0.05, 0.1) is 5.60 Å². The number of rotatable bonds is 8. The van der Waals surface area contributed by atoms with E-state index in [-0.39, 0.29) is 11.0 Å². The van der Waals surface area contributed by atoms with E-state index in [9.17, 15) is 0 Å². The van der Waals surface area contributed by atoms with E-state index in [4.69, 9.17) is 16.2 Å². The summed E-state index contributed by atoms with van der Waals surface area (Å²) in [6, 6.07) is 0. The third kappa shape index (κ3) is 7.59. The van der Waals surface area contributed by atoms with E-state index >= 15 is 0 Å². The first-order chi connectivity index (χ1) is 9.00. The molecular weight excluding hydrogens is 248 g/mol. The van der Waals surface area contributed by atoms with Gasteiger partial charge in [0.2, 0.25) is 0 Å². The molecule has 0 heterocycles. The summed E-state index contributed by atoms with van der Waals surface area (Å²) in [6.45, 7) is 15.6. The number of allylic oxidation sites excluding steroid dienone is 3. The molecule has 0 aliphatic carbocycles. The van der Waals surface area contributed by atoms with E-state index in [2.05, 4.69) is 27.7 Å². The molecule has 0 saturated carbocycles. The molecule has 0 aromatic carbocycles. The Morgan fingerprint density at radius 1 is 1.10 bits per heavy atom. The lowest BCUT2D eigenvalue weighted by atomic mass is 9.81. The lowest BCUT2D eigenvalue weighted by Gasteiger charge is -2.27. The molecule has 0 aromatic heterocycles. The van der Waals surface area contributed by atoms with E-state index < -0.39 is 0 Å². The third-order valence-electron chi connectivity index (χ3n) is 3.34. The highest BCUT2D eigenvalue weighted by molar-refractivity contribution is 5.19. The molecule has 0 spiro atoms. The highest BCUT2D eigenvalue weighted by Gasteiger charge is 2.22. The minimum atomic E-state index is -0.231. The van der Waals surface area contributed by atoms with E-state index in [1.165, 1.54) is 0 Å². The van der Waals surface area contributed by atoms with Crippen molar-refractivity contribution < 1.29 is 4.74 Å². The molecule has 0 amide bonds. The van der Waals surface area contributed by atoms with Crippen LogP contribution in [0.15, 0.2) is 23.5 Å². The second kappa shape index (κ2) is 7.72. The van der Waals surface area contributed by atoms with Gasteiger partial charge < -0.3 is 16.2 Å². The molecule has 0 atom stereocenters. The van der Waals surface area contributed by atoms with Crippen LogP contribution in [0.4, 0.5) is 0 Å². The Hall–Kier alpha value is -0.960. The zero-order valence-corrected chi connectivity index (χ0v) is 14.4. The van der Waals surface area contributed by atoms with Gasteiger partial charge in [-0.05, 0) is 45.3 Å². The number of hydrogen-bond donors (Lipinski definition) is 2. The fraction of sp³-hybridized carbons (Fsp3) is 0.765. The van der Waals surface area contributed by atoms with Crippen LogP contribution in [-0.4, -0.2) is 12.2 Å². The topological polar surface area (TPSA) is 61.3 Å². The van der Waals surface area contributed by atoms with Crippen LogP contribution in [0.2, 0.25) is 0 Å². The fourth-order valence-electron chi connectivity index (χ4n) is 2.55. The maximum absolute atomic E-state index is 6.20. The monoisotopic (exact) mass is 282 g/mol. The van der Waals surface area contributed by atoms with Crippen molar-refractivity contribution in [2.75, 3.05) is 6.61 Å². The summed E-state index contributed by atoms with van der Waals surface area (Å²) in [6.07, 6.45) is 5.63. The largest absolute Gasteiger partial charge is 0.402 e. The average Bonchev–Trinajstić information content (AvgIpc) is 2.22. The van der Waals surface area contributed by atoms with Crippen molar-refractivity contribution in [1.29, 1.82) is 0 Å². The molecule has 4 N–H and O–H groups in total. The van der Waals surface area contributed by atoms with Crippen LogP contribution in [0.1, 0.15) is 61.3 Å². The summed E-state index contributed by atoms with van der Waals surface area (Å²) < 4.78 is 5.65. The van der Waals surface area contributed by atoms with Crippen LogP contribution in [0.25, 0.3) is 0 Å². The molecule has 0 aromatic rings. The second-order valence-electron chi connectivity index (χ2n) is 7.21. The molecule has 0 radical (unpaired) electrons. The van der Waals surface area contributed by atoms with Gasteiger partial charge >= 0.3 is 0 Å². The quantitative estimate of drug-likeness (QED) is 0.663. The van der Waals surface area contributed by atoms with E-state index in [0.717, 1.165) is 17.8 Å². The van der Waals surface area contributed by atoms with E-state index in [1.807, 2.05) is 32.9 Å². The first kappa shape index (κ1) is 19.0. The van der Waals surface area contributed by atoms with Gasteiger partial charge in [0.15, 0.2) is 0 Å². The standard InChI is InChI=1S/C17H34N2O/c1-8-20-17(6,7)12-14(18)9-10-15(19)16(4,5)11-13(2)3/h9-10,13H,8,11-12,18-19H2,1-7H3/b14-9-,15-10-. The Balaban J connectivity index is 4.77. The van der Waals surface area contributed by atoms with E-state index in [0.29, 0.717) is 18.9 Å². The van der Waals surface area contributed by atoms with Crippen LogP contribution >= 0.6 is 0 Å². The molecule has 20 heavy (non-hydrogen) atoms. The SMILES string of the molecule is CCOC(C)(C)C/C(N)=C/C=C(\N)C(C)(C)CC(C)C. The first-order valence-electron chi connectivity index (χ1n) is 7.56. The van der Waals surface area contributed by atoms with Crippen molar-refractivity contribution in [3.8, 4) is 0 Å². The molecule has 3 nitrogen and oxygen atoms in total. The van der Waals surface area contributed by atoms with Gasteiger partial charge in [-0.3, -0.25) is 0 Å². The Kier molecular flexibility index (Phi) is 7.35. The van der Waals surface area contributed by atoms with Crippen LogP contribution < -0.4 is 11.5 Å². The highest BCUT2D eigenvalue weighted by atomic mass is 16.5. The summed E-state index contributed by atoms with van der Waals surface area (Å²) in [5.41, 5.74) is 13.7. The molecule has 118 valence electrons. The zero-order chi connectivity index (χ0) is 16.0. The van der Waals surface area contributed by atoms with Gasteiger partial charge in [0.1, 0.15) is 0 Å². The van der Waals surface area contributed by atoms with Crippen molar-refractivity contribution >= 4 is 0 Å². The average molecular weight is 282 g/mol. The maximum Gasteiger partial charge on any atom is 0.0680 e. The van der Waals surface area contributed by atoms with Crippen molar-refractivity contribution in [3.63, 3.8) is 0 Å². The predicted octanol–water partition coefficient (Wildman–Crippen LogP) is 3.95. The number of hydrogen-bond acceptors (Lipinski definition) is 3. The van der Waals surface area contributed by atoms with Crippen LogP contribution in [-0.2, 0) is 4.74 Å². The van der Waals surface area contributed by atoms with Gasteiger partial charge in [-0.15, -0.1) is 0 Å². The molecule has 0 bridgehead atoms. The summed E-state index contributed by atoms with van der Waals surface area (Å²) in [5, 5.41) is 0. The van der Waals surface area contributed by atoms with Gasteiger partial charge in [-0.25, -0.2) is 0 Å². The smallest absolute Gasteiger partial charge is 0.0680 e. The number of ether oxygens (including phenoxy) is 1. The van der Waals surface area contributed by atoms with Crippen LogP contribution in [0.3, 0.4) is 0 Å². The summed E-state index contributed by atoms with van der Waals surface area (Å²) in [7, 11) is 0. The molecule has 0 fully saturated rings. The first-order valence-corrected chi connectivity index (χ1v) is 7.56. The summed E-state index contributed by atoms with van der Waals surface area (Å²) >= 11 is 0. The zero-order valence-electron chi connectivity index (χ0n) is 14.4. The number of nitrogens with two attached hydrogens (primary N) is 2. The van der Waals surface area contributed by atoms with Gasteiger partial charge in [-0.1, -0.05) is 27.7 Å². The molecule has 0 saturated heterocycles. The summed E-state index contributed by atoms with van der Waals surface area (Å²) in [5.74, 6) is 0.621. The molecule has 3 heteroatoms. The minimum absolute atomic E-state index is 0.000380. The van der Waals surface area contributed by atoms with Crippen molar-refractivity contribution in [2.45, 2.75) is 66.9 Å². The van der Waals surface area contributed by atoms with Crippen molar-refractivity contribution in [1.82, 2.24) is 0 Å². The molecule has 0 unspecified atom stereocenters. The Morgan fingerprint density at radius 2 is 1.65 bits per heavy atom. The molecule has 0 aliphatic rings. The summed E-state index contributed by atoms with van der Waals surface area (Å²) in [4.78, 5) is 0. The van der Waals surface area contributed by atoms with E-state index in [1.54, 1.807) is 0 Å². The highest BCUT2D eigenvalue weighted by Crippen LogP contribution is 2.30. The lowest BCUT2D eigenvalue weighted by molar-refractivity contribution is -0.00947. The second-order valence-corrected chi connectivity index (χ2v) is 7.21. The lowest BCUT2D eigenvalue weighted by Crippen LogP contribution is -2.27.